The first kappa shape index (κ1) is 25.4. The molecule has 1 fully saturated rings. The summed E-state index contributed by atoms with van der Waals surface area (Å²) in [4.78, 5) is 31.1. The maximum Gasteiger partial charge on any atom is 0.410 e. The van der Waals surface area contributed by atoms with Crippen LogP contribution in [0.2, 0.25) is 0 Å². The Morgan fingerprint density at radius 1 is 1.06 bits per heavy atom. The van der Waals surface area contributed by atoms with Gasteiger partial charge in [-0.1, -0.05) is 42.5 Å². The summed E-state index contributed by atoms with van der Waals surface area (Å²) in [6.45, 7) is 8.22. The molecule has 0 aliphatic carbocycles. The zero-order valence-electron chi connectivity index (χ0n) is 21.1. The molecule has 7 heteroatoms. The van der Waals surface area contributed by atoms with Gasteiger partial charge in [0.15, 0.2) is 0 Å². The van der Waals surface area contributed by atoms with E-state index in [-0.39, 0.29) is 18.0 Å². The van der Waals surface area contributed by atoms with Crippen LogP contribution in [0.3, 0.4) is 0 Å². The molecule has 1 aliphatic rings. The van der Waals surface area contributed by atoms with E-state index in [0.29, 0.717) is 19.6 Å². The second-order valence-electron chi connectivity index (χ2n) is 10.1. The van der Waals surface area contributed by atoms with Gasteiger partial charge in [-0.15, -0.1) is 0 Å². The second kappa shape index (κ2) is 11.3. The smallest absolute Gasteiger partial charge is 0.410 e. The zero-order chi connectivity index (χ0) is 24.7. The lowest BCUT2D eigenvalue weighted by Gasteiger charge is -2.35. The van der Waals surface area contributed by atoms with Crippen LogP contribution in [0.4, 0.5) is 21.0 Å². The Morgan fingerprint density at radius 3 is 2.44 bits per heavy atom. The molecule has 0 radical (unpaired) electrons. The van der Waals surface area contributed by atoms with E-state index in [1.54, 1.807) is 11.9 Å². The monoisotopic (exact) mass is 466 g/mol. The Hall–Kier alpha value is -3.22. The highest BCUT2D eigenvalue weighted by molar-refractivity contribution is 5.93. The molecule has 0 bridgehead atoms. The number of urea groups is 1. The molecule has 0 aromatic heterocycles. The first-order valence-electron chi connectivity index (χ1n) is 12.0. The molecule has 184 valence electrons. The van der Waals surface area contributed by atoms with Gasteiger partial charge in [-0.25, -0.2) is 9.59 Å². The molecule has 2 aromatic rings. The van der Waals surface area contributed by atoms with Crippen LogP contribution < -0.4 is 10.2 Å². The lowest BCUT2D eigenvalue weighted by Crippen LogP contribution is -2.46. The molecule has 0 saturated carbocycles. The number of carbonyl (C=O) groups excluding carboxylic acids is 2. The van der Waals surface area contributed by atoms with Crippen LogP contribution in [0.5, 0.6) is 0 Å². The molecular formula is C27H38N4O3. The third kappa shape index (κ3) is 7.40. The third-order valence-electron chi connectivity index (χ3n) is 5.86. The fourth-order valence-electron chi connectivity index (χ4n) is 4.25. The second-order valence-corrected chi connectivity index (χ2v) is 10.1. The molecule has 34 heavy (non-hydrogen) atoms. The minimum absolute atomic E-state index is 0.106. The van der Waals surface area contributed by atoms with Crippen molar-refractivity contribution in [3.63, 3.8) is 0 Å². The number of para-hydroxylation sites is 2. The van der Waals surface area contributed by atoms with Crippen molar-refractivity contribution in [3.05, 3.63) is 60.2 Å². The van der Waals surface area contributed by atoms with Gasteiger partial charge in [-0.3, -0.25) is 0 Å². The van der Waals surface area contributed by atoms with E-state index in [1.165, 1.54) is 5.56 Å². The van der Waals surface area contributed by atoms with Gasteiger partial charge < -0.3 is 24.8 Å². The van der Waals surface area contributed by atoms with Crippen molar-refractivity contribution < 1.29 is 14.3 Å². The summed E-state index contributed by atoms with van der Waals surface area (Å²) in [5.74, 6) is 0.216. The standard InChI is InChI=1S/C27H38N4O3/c1-27(2,3)34-26(33)30(5)19-22-14-11-17-31(20-22)25(32)28-23-15-9-10-16-24(23)29(4)18-21-12-7-6-8-13-21/h6-10,12-13,15-16,22H,11,14,17-20H2,1-5H3,(H,28,32). The number of ether oxygens (including phenoxy) is 1. The number of carbonyl (C=O) groups is 2. The Bertz CT molecular complexity index is 958. The van der Waals surface area contributed by atoms with Crippen molar-refractivity contribution in [1.29, 1.82) is 0 Å². The van der Waals surface area contributed by atoms with Gasteiger partial charge in [0, 0.05) is 40.3 Å². The number of hydrogen-bond donors (Lipinski definition) is 1. The topological polar surface area (TPSA) is 65.1 Å². The van der Waals surface area contributed by atoms with E-state index in [4.69, 9.17) is 4.74 Å². The molecule has 0 spiro atoms. The molecule has 7 nitrogen and oxygen atoms in total. The van der Waals surface area contributed by atoms with Crippen molar-refractivity contribution >= 4 is 23.5 Å². The van der Waals surface area contributed by atoms with Crippen LogP contribution in [0.25, 0.3) is 0 Å². The van der Waals surface area contributed by atoms with E-state index in [1.807, 2.05) is 75.2 Å². The van der Waals surface area contributed by atoms with Crippen molar-refractivity contribution in [3.8, 4) is 0 Å². The molecule has 1 saturated heterocycles. The summed E-state index contributed by atoms with van der Waals surface area (Å²) in [7, 11) is 3.79. The molecule has 3 amide bonds. The lowest BCUT2D eigenvalue weighted by atomic mass is 9.98. The average Bonchev–Trinajstić information content (AvgIpc) is 2.79. The molecule has 1 N–H and O–H groups in total. The van der Waals surface area contributed by atoms with E-state index >= 15 is 0 Å². The summed E-state index contributed by atoms with van der Waals surface area (Å²) in [5, 5.41) is 3.11. The van der Waals surface area contributed by atoms with Crippen LogP contribution in [0.1, 0.15) is 39.2 Å². The van der Waals surface area contributed by atoms with Crippen LogP contribution >= 0.6 is 0 Å². The van der Waals surface area contributed by atoms with Crippen LogP contribution in [-0.4, -0.2) is 61.3 Å². The number of piperidine rings is 1. The number of anilines is 2. The lowest BCUT2D eigenvalue weighted by molar-refractivity contribution is 0.0253. The summed E-state index contributed by atoms with van der Waals surface area (Å²) in [5.41, 5.74) is 2.45. The summed E-state index contributed by atoms with van der Waals surface area (Å²) < 4.78 is 5.46. The van der Waals surface area contributed by atoms with Crippen molar-refractivity contribution in [2.24, 2.45) is 5.92 Å². The Balaban J connectivity index is 1.60. The van der Waals surface area contributed by atoms with Crippen LogP contribution in [0, 0.1) is 5.92 Å². The van der Waals surface area contributed by atoms with Gasteiger partial charge >= 0.3 is 12.1 Å². The number of hydrogen-bond acceptors (Lipinski definition) is 4. The van der Waals surface area contributed by atoms with Crippen molar-refractivity contribution in [2.75, 3.05) is 43.9 Å². The highest BCUT2D eigenvalue weighted by Gasteiger charge is 2.27. The molecule has 3 rings (SSSR count). The molecule has 1 aliphatic heterocycles. The normalized spacial score (nSPS) is 16.0. The Kier molecular flexibility index (Phi) is 8.42. The van der Waals surface area contributed by atoms with Crippen LogP contribution in [0.15, 0.2) is 54.6 Å². The minimum Gasteiger partial charge on any atom is -0.444 e. The van der Waals surface area contributed by atoms with Crippen molar-refractivity contribution in [1.82, 2.24) is 9.80 Å². The quantitative estimate of drug-likeness (QED) is 0.616. The van der Waals surface area contributed by atoms with Gasteiger partial charge in [0.2, 0.25) is 0 Å². The van der Waals surface area contributed by atoms with E-state index < -0.39 is 5.60 Å². The number of amides is 3. The van der Waals surface area contributed by atoms with E-state index in [0.717, 1.165) is 30.8 Å². The SMILES string of the molecule is CN(CC1CCCN(C(=O)Nc2ccccc2N(C)Cc2ccccc2)C1)C(=O)OC(C)(C)C. The number of likely N-dealkylation sites (tertiary alicyclic amines) is 1. The average molecular weight is 467 g/mol. The summed E-state index contributed by atoms with van der Waals surface area (Å²) >= 11 is 0. The molecule has 1 heterocycles. The van der Waals surface area contributed by atoms with Gasteiger partial charge in [0.05, 0.1) is 11.4 Å². The van der Waals surface area contributed by atoms with Gasteiger partial charge in [-0.2, -0.15) is 0 Å². The Morgan fingerprint density at radius 2 is 1.74 bits per heavy atom. The van der Waals surface area contributed by atoms with E-state index in [9.17, 15) is 9.59 Å². The highest BCUT2D eigenvalue weighted by Crippen LogP contribution is 2.27. The fourth-order valence-corrected chi connectivity index (χ4v) is 4.25. The summed E-state index contributed by atoms with van der Waals surface area (Å²) in [6, 6.07) is 18.0. The minimum atomic E-state index is -0.523. The fraction of sp³-hybridized carbons (Fsp3) is 0.481. The largest absolute Gasteiger partial charge is 0.444 e. The maximum atomic E-state index is 13.1. The molecule has 1 atom stereocenters. The van der Waals surface area contributed by atoms with Gasteiger partial charge in [0.25, 0.3) is 0 Å². The number of benzene rings is 2. The molecule has 1 unspecified atom stereocenters. The maximum absolute atomic E-state index is 13.1. The first-order valence-corrected chi connectivity index (χ1v) is 12.0. The van der Waals surface area contributed by atoms with Gasteiger partial charge in [-0.05, 0) is 57.2 Å². The number of nitrogens with zero attached hydrogens (tertiary/aromatic N) is 3. The third-order valence-corrected chi connectivity index (χ3v) is 5.86. The van der Waals surface area contributed by atoms with Crippen LogP contribution in [-0.2, 0) is 11.3 Å². The van der Waals surface area contributed by atoms with Crippen molar-refractivity contribution in [2.45, 2.75) is 45.8 Å². The van der Waals surface area contributed by atoms with E-state index in [2.05, 4.69) is 22.3 Å². The Labute approximate surface area is 203 Å². The zero-order valence-corrected chi connectivity index (χ0v) is 21.1. The number of nitrogens with one attached hydrogen (secondary N) is 1. The number of rotatable bonds is 6. The summed E-state index contributed by atoms with van der Waals surface area (Å²) in [6.07, 6.45) is 1.56. The first-order chi connectivity index (χ1) is 16.1. The molecule has 2 aromatic carbocycles. The predicted molar refractivity (Wildman–Crippen MR) is 137 cm³/mol. The molecular weight excluding hydrogens is 428 g/mol. The predicted octanol–water partition coefficient (Wildman–Crippen LogP) is 5.43. The van der Waals surface area contributed by atoms with Gasteiger partial charge in [0.1, 0.15) is 5.60 Å². The highest BCUT2D eigenvalue weighted by atomic mass is 16.6.